The SMILES string of the molecule is O=C(NCCC=Cc1ccsc1)OCc1ccccc1. The number of carbonyl (C=O) groups is 1. The van der Waals surface area contributed by atoms with Crippen LogP contribution in [-0.4, -0.2) is 12.6 Å². The predicted molar refractivity (Wildman–Crippen MR) is 82.6 cm³/mol. The molecule has 1 aromatic carbocycles. The van der Waals surface area contributed by atoms with Gasteiger partial charge in [0, 0.05) is 6.54 Å². The maximum absolute atomic E-state index is 11.5. The van der Waals surface area contributed by atoms with Crippen molar-refractivity contribution in [1.82, 2.24) is 5.32 Å². The highest BCUT2D eigenvalue weighted by Gasteiger charge is 2.00. The molecule has 104 valence electrons. The van der Waals surface area contributed by atoms with Gasteiger partial charge in [-0.05, 0) is 34.4 Å². The van der Waals surface area contributed by atoms with Gasteiger partial charge >= 0.3 is 6.09 Å². The average Bonchev–Trinajstić information content (AvgIpc) is 2.99. The molecule has 2 rings (SSSR count). The second kappa shape index (κ2) is 8.17. The molecule has 0 bridgehead atoms. The number of thiophene rings is 1. The van der Waals surface area contributed by atoms with Crippen LogP contribution in [-0.2, 0) is 11.3 Å². The first-order valence-electron chi connectivity index (χ1n) is 6.48. The van der Waals surface area contributed by atoms with Crippen LogP contribution in [0.3, 0.4) is 0 Å². The van der Waals surface area contributed by atoms with E-state index in [1.165, 1.54) is 5.56 Å². The summed E-state index contributed by atoms with van der Waals surface area (Å²) in [5.41, 5.74) is 2.18. The summed E-state index contributed by atoms with van der Waals surface area (Å²) in [5, 5.41) is 6.85. The van der Waals surface area contributed by atoms with Gasteiger partial charge in [-0.25, -0.2) is 4.79 Å². The van der Waals surface area contributed by atoms with Crippen molar-refractivity contribution in [2.24, 2.45) is 0 Å². The third kappa shape index (κ3) is 5.28. The normalized spacial score (nSPS) is 10.6. The van der Waals surface area contributed by atoms with E-state index in [0.29, 0.717) is 13.2 Å². The molecule has 20 heavy (non-hydrogen) atoms. The second-order valence-electron chi connectivity index (χ2n) is 4.24. The Morgan fingerprint density at radius 3 is 2.85 bits per heavy atom. The summed E-state index contributed by atoms with van der Waals surface area (Å²) in [6.07, 6.45) is 4.50. The minimum atomic E-state index is -0.377. The van der Waals surface area contributed by atoms with Gasteiger partial charge in [-0.15, -0.1) is 0 Å². The first kappa shape index (κ1) is 14.3. The monoisotopic (exact) mass is 287 g/mol. The summed E-state index contributed by atoms with van der Waals surface area (Å²) in [5.74, 6) is 0. The molecular weight excluding hydrogens is 270 g/mol. The molecule has 0 spiro atoms. The van der Waals surface area contributed by atoms with Gasteiger partial charge in [0.15, 0.2) is 0 Å². The van der Waals surface area contributed by atoms with Crippen LogP contribution in [0.4, 0.5) is 4.79 Å². The fourth-order valence-corrected chi connectivity index (χ4v) is 2.25. The number of hydrogen-bond acceptors (Lipinski definition) is 3. The highest BCUT2D eigenvalue weighted by atomic mass is 32.1. The molecule has 0 saturated heterocycles. The van der Waals surface area contributed by atoms with Crippen molar-refractivity contribution in [3.05, 3.63) is 64.4 Å². The standard InChI is InChI=1S/C16H17NO2S/c18-16(19-12-14-6-2-1-3-7-14)17-10-5-4-8-15-9-11-20-13-15/h1-4,6-9,11,13H,5,10,12H2,(H,17,18). The largest absolute Gasteiger partial charge is 0.445 e. The zero-order valence-corrected chi connectivity index (χ0v) is 11.9. The number of alkyl carbamates (subject to hydrolysis) is 1. The van der Waals surface area contributed by atoms with Crippen LogP contribution in [0.5, 0.6) is 0 Å². The zero-order valence-electron chi connectivity index (χ0n) is 11.1. The fourth-order valence-electron chi connectivity index (χ4n) is 1.62. The maximum atomic E-state index is 11.5. The molecule has 1 aromatic heterocycles. The van der Waals surface area contributed by atoms with Crippen LogP contribution in [0, 0.1) is 0 Å². The number of carbonyl (C=O) groups excluding carboxylic acids is 1. The first-order chi connectivity index (χ1) is 9.84. The van der Waals surface area contributed by atoms with Gasteiger partial charge < -0.3 is 10.1 Å². The summed E-state index contributed by atoms with van der Waals surface area (Å²) in [6, 6.07) is 11.7. The Morgan fingerprint density at radius 2 is 2.10 bits per heavy atom. The Hall–Kier alpha value is -2.07. The van der Waals surface area contributed by atoms with E-state index in [4.69, 9.17) is 4.74 Å². The number of amides is 1. The smallest absolute Gasteiger partial charge is 0.407 e. The molecule has 3 nitrogen and oxygen atoms in total. The van der Waals surface area contributed by atoms with Crippen molar-refractivity contribution >= 4 is 23.5 Å². The van der Waals surface area contributed by atoms with Crippen LogP contribution < -0.4 is 5.32 Å². The van der Waals surface area contributed by atoms with E-state index in [1.807, 2.05) is 47.9 Å². The summed E-state index contributed by atoms with van der Waals surface area (Å²) in [7, 11) is 0. The lowest BCUT2D eigenvalue weighted by Gasteiger charge is -2.05. The molecule has 0 unspecified atom stereocenters. The van der Waals surface area contributed by atoms with E-state index in [1.54, 1.807) is 11.3 Å². The predicted octanol–water partition coefficient (Wildman–Crippen LogP) is 4.08. The number of benzene rings is 1. The van der Waals surface area contributed by atoms with Gasteiger partial charge in [0.2, 0.25) is 0 Å². The summed E-state index contributed by atoms with van der Waals surface area (Å²) in [6.45, 7) is 0.881. The lowest BCUT2D eigenvalue weighted by molar-refractivity contribution is 0.140. The third-order valence-electron chi connectivity index (χ3n) is 2.65. The second-order valence-corrected chi connectivity index (χ2v) is 5.02. The molecule has 1 heterocycles. The van der Waals surface area contributed by atoms with Gasteiger partial charge in [-0.2, -0.15) is 11.3 Å². The van der Waals surface area contributed by atoms with Crippen molar-refractivity contribution in [2.45, 2.75) is 13.0 Å². The minimum Gasteiger partial charge on any atom is -0.445 e. The zero-order chi connectivity index (χ0) is 14.0. The molecule has 0 aliphatic carbocycles. The third-order valence-corrected chi connectivity index (χ3v) is 3.35. The van der Waals surface area contributed by atoms with Gasteiger partial charge in [0.25, 0.3) is 0 Å². The van der Waals surface area contributed by atoms with E-state index in [-0.39, 0.29) is 6.09 Å². The van der Waals surface area contributed by atoms with Crippen LogP contribution in [0.15, 0.2) is 53.2 Å². The average molecular weight is 287 g/mol. The molecule has 0 radical (unpaired) electrons. The summed E-state index contributed by atoms with van der Waals surface area (Å²) in [4.78, 5) is 11.5. The Morgan fingerprint density at radius 1 is 1.25 bits per heavy atom. The van der Waals surface area contributed by atoms with Crippen molar-refractivity contribution in [3.63, 3.8) is 0 Å². The van der Waals surface area contributed by atoms with Gasteiger partial charge in [-0.1, -0.05) is 42.5 Å². The molecule has 0 aliphatic rings. The van der Waals surface area contributed by atoms with Crippen molar-refractivity contribution in [3.8, 4) is 0 Å². The lowest BCUT2D eigenvalue weighted by Crippen LogP contribution is -2.24. The molecule has 1 N–H and O–H groups in total. The number of ether oxygens (including phenoxy) is 1. The minimum absolute atomic E-state index is 0.303. The molecule has 0 saturated carbocycles. The molecular formula is C16H17NO2S. The fraction of sp³-hybridized carbons (Fsp3) is 0.188. The number of nitrogens with one attached hydrogen (secondary N) is 1. The first-order valence-corrected chi connectivity index (χ1v) is 7.42. The van der Waals surface area contributed by atoms with Crippen LogP contribution in [0.2, 0.25) is 0 Å². The summed E-state index contributed by atoms with van der Waals surface area (Å²) >= 11 is 1.67. The quantitative estimate of drug-likeness (QED) is 0.813. The number of rotatable bonds is 6. The van der Waals surface area contributed by atoms with Crippen LogP contribution >= 0.6 is 11.3 Å². The topological polar surface area (TPSA) is 38.3 Å². The van der Waals surface area contributed by atoms with E-state index in [0.717, 1.165) is 12.0 Å². The maximum Gasteiger partial charge on any atom is 0.407 e. The number of hydrogen-bond donors (Lipinski definition) is 1. The molecule has 4 heteroatoms. The Bertz CT molecular complexity index is 535. The van der Waals surface area contributed by atoms with Gasteiger partial charge in [-0.3, -0.25) is 0 Å². The van der Waals surface area contributed by atoms with E-state index in [2.05, 4.69) is 16.8 Å². The highest BCUT2D eigenvalue weighted by molar-refractivity contribution is 7.08. The molecule has 0 atom stereocenters. The Labute approximate surface area is 122 Å². The van der Waals surface area contributed by atoms with Crippen molar-refractivity contribution in [1.29, 1.82) is 0 Å². The van der Waals surface area contributed by atoms with Crippen molar-refractivity contribution in [2.75, 3.05) is 6.54 Å². The summed E-state index contributed by atoms with van der Waals surface area (Å²) < 4.78 is 5.11. The van der Waals surface area contributed by atoms with Crippen molar-refractivity contribution < 1.29 is 9.53 Å². The molecule has 0 aliphatic heterocycles. The van der Waals surface area contributed by atoms with E-state index in [9.17, 15) is 4.79 Å². The van der Waals surface area contributed by atoms with Gasteiger partial charge in [0.05, 0.1) is 0 Å². The van der Waals surface area contributed by atoms with E-state index >= 15 is 0 Å². The molecule has 2 aromatic rings. The van der Waals surface area contributed by atoms with E-state index < -0.39 is 0 Å². The highest BCUT2D eigenvalue weighted by Crippen LogP contribution is 2.07. The Balaban J connectivity index is 1.58. The van der Waals surface area contributed by atoms with Crippen LogP contribution in [0.1, 0.15) is 17.5 Å². The Kier molecular flexibility index (Phi) is 5.86. The molecule has 1 amide bonds. The van der Waals surface area contributed by atoms with Crippen LogP contribution in [0.25, 0.3) is 6.08 Å². The molecule has 0 fully saturated rings. The van der Waals surface area contributed by atoms with Gasteiger partial charge in [0.1, 0.15) is 6.61 Å². The lowest BCUT2D eigenvalue weighted by atomic mass is 10.2.